The number of rotatable bonds is 4. The molecule has 6 heteroatoms. The van der Waals surface area contributed by atoms with Crippen LogP contribution in [-0.4, -0.2) is 22.9 Å². The summed E-state index contributed by atoms with van der Waals surface area (Å²) in [6.45, 7) is 0.668. The molecule has 20 heavy (non-hydrogen) atoms. The Morgan fingerprint density at radius 3 is 2.95 bits per heavy atom. The molecule has 0 saturated heterocycles. The zero-order chi connectivity index (χ0) is 13.9. The molecule has 102 valence electrons. The van der Waals surface area contributed by atoms with Gasteiger partial charge in [0, 0.05) is 11.8 Å². The van der Waals surface area contributed by atoms with Crippen LogP contribution in [0.2, 0.25) is 0 Å². The van der Waals surface area contributed by atoms with Crippen molar-refractivity contribution >= 4 is 11.7 Å². The fraction of sp³-hybridized carbons (Fsp3) is 0.143. The third-order valence-electron chi connectivity index (χ3n) is 2.87. The number of carbonyl (C=O) groups is 1. The molecule has 0 atom stereocenters. The van der Waals surface area contributed by atoms with Crippen molar-refractivity contribution in [2.24, 2.45) is 0 Å². The Kier molecular flexibility index (Phi) is 3.12. The Morgan fingerprint density at radius 2 is 2.10 bits per heavy atom. The van der Waals surface area contributed by atoms with E-state index >= 15 is 0 Å². The molecule has 1 aromatic heterocycles. The average molecular weight is 272 g/mol. The van der Waals surface area contributed by atoms with Gasteiger partial charge < -0.3 is 19.9 Å². The number of nitrogens with zero attached hydrogens (tertiary/aromatic N) is 1. The van der Waals surface area contributed by atoms with Crippen molar-refractivity contribution in [1.82, 2.24) is 4.98 Å². The van der Waals surface area contributed by atoms with Crippen LogP contribution in [0.1, 0.15) is 16.2 Å². The minimum atomic E-state index is -1.03. The summed E-state index contributed by atoms with van der Waals surface area (Å²) in [5.74, 6) is 0.388. The van der Waals surface area contributed by atoms with Crippen molar-refractivity contribution in [1.29, 1.82) is 0 Å². The van der Waals surface area contributed by atoms with E-state index in [1.165, 1.54) is 6.07 Å². The maximum atomic E-state index is 10.8. The van der Waals surface area contributed by atoms with Gasteiger partial charge in [0.05, 0.1) is 12.2 Å². The van der Waals surface area contributed by atoms with E-state index in [4.69, 9.17) is 14.6 Å². The first-order valence-electron chi connectivity index (χ1n) is 6.05. The predicted molar refractivity (Wildman–Crippen MR) is 71.1 cm³/mol. The van der Waals surface area contributed by atoms with E-state index in [9.17, 15) is 4.79 Å². The number of aromatic nitrogens is 1. The summed E-state index contributed by atoms with van der Waals surface area (Å²) in [5, 5.41) is 12.1. The van der Waals surface area contributed by atoms with E-state index in [1.54, 1.807) is 12.1 Å². The zero-order valence-electron chi connectivity index (χ0n) is 10.5. The predicted octanol–water partition coefficient (Wildman–Crippen LogP) is 2.12. The first-order valence-corrected chi connectivity index (χ1v) is 6.05. The fourth-order valence-corrected chi connectivity index (χ4v) is 1.90. The summed E-state index contributed by atoms with van der Waals surface area (Å²) in [7, 11) is 0. The number of benzene rings is 1. The van der Waals surface area contributed by atoms with Crippen molar-refractivity contribution in [2.45, 2.75) is 6.54 Å². The lowest BCUT2D eigenvalue weighted by Gasteiger charge is -2.07. The molecule has 0 bridgehead atoms. The Morgan fingerprint density at radius 1 is 1.25 bits per heavy atom. The van der Waals surface area contributed by atoms with Crippen molar-refractivity contribution < 1.29 is 19.4 Å². The molecule has 0 unspecified atom stereocenters. The molecule has 1 aliphatic rings. The van der Waals surface area contributed by atoms with Crippen LogP contribution in [-0.2, 0) is 6.54 Å². The molecule has 2 aromatic rings. The van der Waals surface area contributed by atoms with Crippen LogP contribution in [0.25, 0.3) is 0 Å². The van der Waals surface area contributed by atoms with E-state index in [-0.39, 0.29) is 12.5 Å². The maximum absolute atomic E-state index is 10.8. The molecule has 0 saturated carbocycles. The van der Waals surface area contributed by atoms with Crippen LogP contribution in [0.4, 0.5) is 5.69 Å². The summed E-state index contributed by atoms with van der Waals surface area (Å²) < 4.78 is 10.5. The van der Waals surface area contributed by atoms with E-state index in [0.29, 0.717) is 18.0 Å². The van der Waals surface area contributed by atoms with E-state index in [1.807, 2.05) is 18.2 Å². The number of carboxylic acid groups (broad SMARTS) is 1. The quantitative estimate of drug-likeness (QED) is 0.887. The van der Waals surface area contributed by atoms with Crippen molar-refractivity contribution in [3.8, 4) is 11.5 Å². The first-order chi connectivity index (χ1) is 9.72. The second-order valence-corrected chi connectivity index (χ2v) is 4.24. The second-order valence-electron chi connectivity index (χ2n) is 4.24. The maximum Gasteiger partial charge on any atom is 0.354 e. The van der Waals surface area contributed by atoms with Gasteiger partial charge in [0.15, 0.2) is 11.5 Å². The SMILES string of the molecule is O=C(O)c1cccc(CNc2ccc3c(c2)OCO3)n1. The van der Waals surface area contributed by atoms with Gasteiger partial charge in [-0.2, -0.15) is 0 Å². The highest BCUT2D eigenvalue weighted by molar-refractivity contribution is 5.85. The Bertz CT molecular complexity index is 657. The highest BCUT2D eigenvalue weighted by Gasteiger charge is 2.13. The highest BCUT2D eigenvalue weighted by Crippen LogP contribution is 2.34. The van der Waals surface area contributed by atoms with Crippen LogP contribution >= 0.6 is 0 Å². The van der Waals surface area contributed by atoms with Crippen LogP contribution in [0, 0.1) is 0 Å². The Hall–Kier alpha value is -2.76. The minimum absolute atomic E-state index is 0.0370. The molecule has 3 rings (SSSR count). The lowest BCUT2D eigenvalue weighted by atomic mass is 10.2. The van der Waals surface area contributed by atoms with Gasteiger partial charge in [-0.15, -0.1) is 0 Å². The fourth-order valence-electron chi connectivity index (χ4n) is 1.90. The van der Waals surface area contributed by atoms with Crippen LogP contribution in [0.5, 0.6) is 11.5 Å². The molecule has 2 heterocycles. The molecule has 0 aliphatic carbocycles. The van der Waals surface area contributed by atoms with Gasteiger partial charge in [-0.1, -0.05) is 6.07 Å². The smallest absolute Gasteiger partial charge is 0.354 e. The van der Waals surface area contributed by atoms with E-state index < -0.39 is 5.97 Å². The monoisotopic (exact) mass is 272 g/mol. The molecule has 2 N–H and O–H groups in total. The Labute approximate surface area is 115 Å². The number of nitrogens with one attached hydrogen (secondary N) is 1. The number of anilines is 1. The van der Waals surface area contributed by atoms with Gasteiger partial charge in [0.2, 0.25) is 6.79 Å². The number of hydrogen-bond donors (Lipinski definition) is 2. The lowest BCUT2D eigenvalue weighted by molar-refractivity contribution is 0.0690. The molecule has 0 radical (unpaired) electrons. The second kappa shape index (κ2) is 5.08. The van der Waals surface area contributed by atoms with Crippen LogP contribution < -0.4 is 14.8 Å². The Balaban J connectivity index is 1.70. The average Bonchev–Trinajstić information content (AvgIpc) is 2.93. The third-order valence-corrected chi connectivity index (χ3v) is 2.87. The minimum Gasteiger partial charge on any atom is -0.477 e. The molecular weight excluding hydrogens is 260 g/mol. The summed E-state index contributed by atoms with van der Waals surface area (Å²) in [6.07, 6.45) is 0. The topological polar surface area (TPSA) is 80.7 Å². The molecule has 0 spiro atoms. The number of ether oxygens (including phenoxy) is 2. The molecule has 1 aromatic carbocycles. The number of fused-ring (bicyclic) bond motifs is 1. The van der Waals surface area contributed by atoms with Crippen LogP contribution in [0.15, 0.2) is 36.4 Å². The largest absolute Gasteiger partial charge is 0.477 e. The van der Waals surface area contributed by atoms with Gasteiger partial charge >= 0.3 is 5.97 Å². The third kappa shape index (κ3) is 2.49. The standard InChI is InChI=1S/C14H12N2O4/c17-14(18)11-3-1-2-10(16-11)7-15-9-4-5-12-13(6-9)20-8-19-12/h1-6,15H,7-8H2,(H,17,18). The molecular formula is C14H12N2O4. The van der Waals surface area contributed by atoms with Crippen molar-refractivity contribution in [2.75, 3.05) is 12.1 Å². The zero-order valence-corrected chi connectivity index (χ0v) is 10.5. The number of hydrogen-bond acceptors (Lipinski definition) is 5. The number of pyridine rings is 1. The molecule has 1 aliphatic heterocycles. The van der Waals surface area contributed by atoms with E-state index in [0.717, 1.165) is 11.4 Å². The normalized spacial score (nSPS) is 12.2. The number of carboxylic acids is 1. The summed E-state index contributed by atoms with van der Waals surface area (Å²) in [6, 6.07) is 10.4. The summed E-state index contributed by atoms with van der Waals surface area (Å²) >= 11 is 0. The van der Waals surface area contributed by atoms with Crippen molar-refractivity contribution in [3.05, 3.63) is 47.8 Å². The summed E-state index contributed by atoms with van der Waals surface area (Å²) in [5.41, 5.74) is 1.55. The molecule has 6 nitrogen and oxygen atoms in total. The highest BCUT2D eigenvalue weighted by atomic mass is 16.7. The van der Waals surface area contributed by atoms with Crippen molar-refractivity contribution in [3.63, 3.8) is 0 Å². The van der Waals surface area contributed by atoms with Gasteiger partial charge in [0.25, 0.3) is 0 Å². The van der Waals surface area contributed by atoms with Gasteiger partial charge in [-0.25, -0.2) is 9.78 Å². The first kappa shape index (κ1) is 12.3. The number of aromatic carboxylic acids is 1. The molecule has 0 amide bonds. The van der Waals surface area contributed by atoms with Crippen LogP contribution in [0.3, 0.4) is 0 Å². The molecule has 0 fully saturated rings. The van der Waals surface area contributed by atoms with Gasteiger partial charge in [-0.05, 0) is 24.3 Å². The van der Waals surface area contributed by atoms with E-state index in [2.05, 4.69) is 10.3 Å². The van der Waals surface area contributed by atoms with Gasteiger partial charge in [-0.3, -0.25) is 0 Å². The summed E-state index contributed by atoms with van der Waals surface area (Å²) in [4.78, 5) is 14.9. The lowest BCUT2D eigenvalue weighted by Crippen LogP contribution is -2.06. The van der Waals surface area contributed by atoms with Gasteiger partial charge in [0.1, 0.15) is 5.69 Å².